The van der Waals surface area contributed by atoms with E-state index in [0.717, 1.165) is 6.42 Å². The van der Waals surface area contributed by atoms with Crippen LogP contribution < -0.4 is 5.32 Å². The van der Waals surface area contributed by atoms with Crippen LogP contribution in [0.3, 0.4) is 0 Å². The lowest BCUT2D eigenvalue weighted by atomic mass is 10.1. The lowest BCUT2D eigenvalue weighted by Crippen LogP contribution is -2.55. The van der Waals surface area contributed by atoms with Crippen molar-refractivity contribution in [1.82, 2.24) is 15.1 Å². The van der Waals surface area contributed by atoms with Gasteiger partial charge in [0.25, 0.3) is 0 Å². The van der Waals surface area contributed by atoms with Crippen LogP contribution in [0.25, 0.3) is 0 Å². The maximum atomic E-state index is 12.3. The summed E-state index contributed by atoms with van der Waals surface area (Å²) < 4.78 is 5.01. The molecular formula is C18H27N3O3. The minimum atomic E-state index is -0.267. The van der Waals surface area contributed by atoms with Gasteiger partial charge >= 0.3 is 6.09 Å². The van der Waals surface area contributed by atoms with Gasteiger partial charge in [-0.15, -0.1) is 0 Å². The van der Waals surface area contributed by atoms with Crippen LogP contribution in [-0.2, 0) is 16.0 Å². The van der Waals surface area contributed by atoms with E-state index in [1.54, 1.807) is 11.8 Å². The van der Waals surface area contributed by atoms with Crippen LogP contribution in [0.4, 0.5) is 4.79 Å². The number of carbonyl (C=O) groups excluding carboxylic acids is 2. The van der Waals surface area contributed by atoms with Crippen molar-refractivity contribution in [1.29, 1.82) is 0 Å². The van der Waals surface area contributed by atoms with Gasteiger partial charge in [-0.05, 0) is 25.8 Å². The summed E-state index contributed by atoms with van der Waals surface area (Å²) >= 11 is 0. The normalized spacial score (nSPS) is 16.5. The highest BCUT2D eigenvalue weighted by molar-refractivity contribution is 5.81. The van der Waals surface area contributed by atoms with Gasteiger partial charge < -0.3 is 15.0 Å². The van der Waals surface area contributed by atoms with E-state index >= 15 is 0 Å². The van der Waals surface area contributed by atoms with E-state index in [1.165, 1.54) is 5.56 Å². The predicted octanol–water partition coefficient (Wildman–Crippen LogP) is 1.51. The zero-order valence-corrected chi connectivity index (χ0v) is 14.5. The lowest BCUT2D eigenvalue weighted by molar-refractivity contribution is -0.126. The summed E-state index contributed by atoms with van der Waals surface area (Å²) in [6.07, 6.45) is 0.563. The first-order valence-corrected chi connectivity index (χ1v) is 8.59. The van der Waals surface area contributed by atoms with E-state index < -0.39 is 0 Å². The van der Waals surface area contributed by atoms with Crippen LogP contribution in [-0.4, -0.2) is 67.2 Å². The molecule has 0 aromatic heterocycles. The second-order valence-electron chi connectivity index (χ2n) is 5.92. The molecular weight excluding hydrogens is 306 g/mol. The SMILES string of the molecule is CCOC(=O)N1CCN([C@@H](C)C(=O)NCCc2ccccc2)CC1. The van der Waals surface area contributed by atoms with E-state index in [4.69, 9.17) is 4.74 Å². The molecule has 1 aromatic carbocycles. The molecule has 1 aliphatic rings. The van der Waals surface area contributed by atoms with Gasteiger partial charge in [0, 0.05) is 32.7 Å². The molecule has 0 unspecified atom stereocenters. The van der Waals surface area contributed by atoms with Gasteiger partial charge in [-0.1, -0.05) is 30.3 Å². The first-order chi connectivity index (χ1) is 11.6. The number of amides is 2. The highest BCUT2D eigenvalue weighted by atomic mass is 16.6. The Kier molecular flexibility index (Phi) is 7.06. The van der Waals surface area contributed by atoms with Crippen LogP contribution in [0.5, 0.6) is 0 Å². The number of nitrogens with zero attached hydrogens (tertiary/aromatic N) is 2. The molecule has 0 radical (unpaired) electrons. The maximum Gasteiger partial charge on any atom is 0.409 e. The van der Waals surface area contributed by atoms with Crippen molar-refractivity contribution in [3.63, 3.8) is 0 Å². The number of piperazine rings is 1. The Labute approximate surface area is 143 Å². The zero-order chi connectivity index (χ0) is 17.4. The smallest absolute Gasteiger partial charge is 0.409 e. The number of hydrogen-bond acceptors (Lipinski definition) is 4. The number of benzene rings is 1. The van der Waals surface area contributed by atoms with Gasteiger partial charge in [-0.2, -0.15) is 0 Å². The van der Waals surface area contributed by atoms with Crippen LogP contribution in [0.2, 0.25) is 0 Å². The van der Waals surface area contributed by atoms with Gasteiger partial charge in [0.15, 0.2) is 0 Å². The average Bonchev–Trinajstić information content (AvgIpc) is 2.62. The van der Waals surface area contributed by atoms with Crippen molar-refractivity contribution in [2.24, 2.45) is 0 Å². The van der Waals surface area contributed by atoms with Crippen molar-refractivity contribution in [2.75, 3.05) is 39.3 Å². The van der Waals surface area contributed by atoms with Crippen molar-refractivity contribution in [3.8, 4) is 0 Å². The van der Waals surface area contributed by atoms with Crippen molar-refractivity contribution < 1.29 is 14.3 Å². The van der Waals surface area contributed by atoms with Gasteiger partial charge in [0.1, 0.15) is 0 Å². The Bertz CT molecular complexity index is 528. The first-order valence-electron chi connectivity index (χ1n) is 8.59. The third-order valence-corrected chi connectivity index (χ3v) is 4.32. The molecule has 1 atom stereocenters. The second-order valence-corrected chi connectivity index (χ2v) is 5.92. The molecule has 2 amide bonds. The van der Waals surface area contributed by atoms with Crippen LogP contribution in [0.1, 0.15) is 19.4 Å². The highest BCUT2D eigenvalue weighted by Crippen LogP contribution is 2.08. The summed E-state index contributed by atoms with van der Waals surface area (Å²) in [6.45, 7) is 7.31. The zero-order valence-electron chi connectivity index (χ0n) is 14.5. The minimum absolute atomic E-state index is 0.0375. The van der Waals surface area contributed by atoms with E-state index in [0.29, 0.717) is 39.3 Å². The second kappa shape index (κ2) is 9.27. The van der Waals surface area contributed by atoms with Crippen LogP contribution >= 0.6 is 0 Å². The summed E-state index contributed by atoms with van der Waals surface area (Å²) in [6, 6.07) is 9.92. The molecule has 6 nitrogen and oxygen atoms in total. The average molecular weight is 333 g/mol. The molecule has 6 heteroatoms. The maximum absolute atomic E-state index is 12.3. The Balaban J connectivity index is 1.71. The third kappa shape index (κ3) is 5.23. The first kappa shape index (κ1) is 18.3. The molecule has 0 bridgehead atoms. The number of ether oxygens (including phenoxy) is 1. The fraction of sp³-hybridized carbons (Fsp3) is 0.556. The van der Waals surface area contributed by atoms with E-state index in [-0.39, 0.29) is 18.0 Å². The molecule has 1 aromatic rings. The summed E-state index contributed by atoms with van der Waals surface area (Å²) in [5.41, 5.74) is 1.22. The molecule has 1 saturated heterocycles. The number of nitrogens with one attached hydrogen (secondary N) is 1. The van der Waals surface area contributed by atoms with Crippen LogP contribution in [0.15, 0.2) is 30.3 Å². The molecule has 0 aliphatic carbocycles. The molecule has 24 heavy (non-hydrogen) atoms. The number of carbonyl (C=O) groups is 2. The van der Waals surface area contributed by atoms with E-state index in [1.807, 2.05) is 25.1 Å². The number of rotatable bonds is 6. The van der Waals surface area contributed by atoms with Gasteiger partial charge in [0.2, 0.25) is 5.91 Å². The molecule has 1 aliphatic heterocycles. The van der Waals surface area contributed by atoms with Gasteiger partial charge in [0.05, 0.1) is 12.6 Å². The fourth-order valence-electron chi connectivity index (χ4n) is 2.79. The monoisotopic (exact) mass is 333 g/mol. The van der Waals surface area contributed by atoms with E-state index in [2.05, 4.69) is 22.3 Å². The van der Waals surface area contributed by atoms with Crippen molar-refractivity contribution in [3.05, 3.63) is 35.9 Å². The number of hydrogen-bond donors (Lipinski definition) is 1. The summed E-state index contributed by atoms with van der Waals surface area (Å²) in [4.78, 5) is 27.8. The van der Waals surface area contributed by atoms with Crippen molar-refractivity contribution in [2.45, 2.75) is 26.3 Å². The Morgan fingerprint density at radius 3 is 2.46 bits per heavy atom. The van der Waals surface area contributed by atoms with E-state index in [9.17, 15) is 9.59 Å². The lowest BCUT2D eigenvalue weighted by Gasteiger charge is -2.36. The molecule has 0 saturated carbocycles. The van der Waals surface area contributed by atoms with Crippen molar-refractivity contribution >= 4 is 12.0 Å². The molecule has 2 rings (SSSR count). The van der Waals surface area contributed by atoms with Crippen LogP contribution in [0, 0.1) is 0 Å². The Morgan fingerprint density at radius 2 is 1.83 bits per heavy atom. The Hall–Kier alpha value is -2.08. The van der Waals surface area contributed by atoms with Gasteiger partial charge in [-0.3, -0.25) is 9.69 Å². The Morgan fingerprint density at radius 1 is 1.17 bits per heavy atom. The molecule has 0 spiro atoms. The third-order valence-electron chi connectivity index (χ3n) is 4.32. The highest BCUT2D eigenvalue weighted by Gasteiger charge is 2.27. The largest absolute Gasteiger partial charge is 0.450 e. The quantitative estimate of drug-likeness (QED) is 0.857. The molecule has 1 N–H and O–H groups in total. The minimum Gasteiger partial charge on any atom is -0.450 e. The fourth-order valence-corrected chi connectivity index (χ4v) is 2.79. The predicted molar refractivity (Wildman–Crippen MR) is 92.8 cm³/mol. The summed E-state index contributed by atoms with van der Waals surface area (Å²) in [5.74, 6) is 0.0375. The molecule has 1 heterocycles. The molecule has 1 fully saturated rings. The molecule has 132 valence electrons. The summed E-state index contributed by atoms with van der Waals surface area (Å²) in [5, 5.41) is 3.00. The summed E-state index contributed by atoms with van der Waals surface area (Å²) in [7, 11) is 0. The van der Waals surface area contributed by atoms with Gasteiger partial charge in [-0.25, -0.2) is 4.79 Å². The topological polar surface area (TPSA) is 61.9 Å². The standard InChI is InChI=1S/C18H27N3O3/c1-3-24-18(23)21-13-11-20(12-14-21)15(2)17(22)19-10-9-16-7-5-4-6-8-16/h4-8,15H,3,9-14H2,1-2H3,(H,19,22)/t15-/m0/s1.